The average Bonchev–Trinajstić information content (AvgIpc) is 3.44. The summed E-state index contributed by atoms with van der Waals surface area (Å²) in [7, 11) is 0. The number of aromatic nitrogens is 1. The van der Waals surface area contributed by atoms with Gasteiger partial charge in [0.15, 0.2) is 0 Å². The van der Waals surface area contributed by atoms with E-state index in [1.54, 1.807) is 0 Å². The normalized spacial score (nSPS) is 25.6. The number of hydrogen-bond acceptors (Lipinski definition) is 3. The van der Waals surface area contributed by atoms with E-state index in [0.717, 1.165) is 48.7 Å². The highest BCUT2D eigenvalue weighted by Gasteiger charge is 2.64. The Morgan fingerprint density at radius 2 is 1.83 bits per heavy atom. The summed E-state index contributed by atoms with van der Waals surface area (Å²) in [6.45, 7) is 5.44. The molecule has 3 aliphatic rings. The predicted molar refractivity (Wildman–Crippen MR) is 127 cm³/mol. The van der Waals surface area contributed by atoms with E-state index in [1.807, 2.05) is 31.3 Å². The number of nitrogens with zero attached hydrogens (tertiary/aromatic N) is 2. The van der Waals surface area contributed by atoms with Crippen molar-refractivity contribution < 1.29 is 22.8 Å². The molecule has 35 heavy (non-hydrogen) atoms. The number of piperidine rings is 1. The number of rotatable bonds is 7. The number of aryl methyl sites for hydroxylation is 2. The summed E-state index contributed by atoms with van der Waals surface area (Å²) in [5, 5.41) is 6.37. The number of halogens is 3. The lowest BCUT2D eigenvalue weighted by Crippen LogP contribution is -2.54. The first-order chi connectivity index (χ1) is 16.6. The Morgan fingerprint density at radius 3 is 2.43 bits per heavy atom. The molecule has 3 fully saturated rings. The first-order valence-electron chi connectivity index (χ1n) is 12.6. The van der Waals surface area contributed by atoms with Gasteiger partial charge in [-0.15, -0.1) is 0 Å². The van der Waals surface area contributed by atoms with Gasteiger partial charge in [-0.25, -0.2) is 0 Å². The van der Waals surface area contributed by atoms with Crippen LogP contribution in [0.25, 0.3) is 10.9 Å². The number of carbonyl (C=O) groups is 2. The predicted octanol–water partition coefficient (Wildman–Crippen LogP) is 4.15. The third kappa shape index (κ3) is 4.43. The number of carbonyl (C=O) groups excluding carboxylic acids is 2. The Morgan fingerprint density at radius 1 is 1.14 bits per heavy atom. The van der Waals surface area contributed by atoms with E-state index >= 15 is 0 Å². The molecule has 1 aromatic heterocycles. The second-order valence-corrected chi connectivity index (χ2v) is 10.5. The van der Waals surface area contributed by atoms with Crippen LogP contribution in [0.4, 0.5) is 13.2 Å². The smallest absolute Gasteiger partial charge is 0.352 e. The van der Waals surface area contributed by atoms with Gasteiger partial charge in [0.25, 0.3) is 5.91 Å². The van der Waals surface area contributed by atoms with E-state index in [4.69, 9.17) is 0 Å². The zero-order chi connectivity index (χ0) is 25.0. The Labute approximate surface area is 203 Å². The van der Waals surface area contributed by atoms with Gasteiger partial charge in [-0.1, -0.05) is 12.1 Å². The molecule has 0 radical (unpaired) electrons. The van der Waals surface area contributed by atoms with E-state index in [0.29, 0.717) is 18.0 Å². The lowest BCUT2D eigenvalue weighted by Gasteiger charge is -2.38. The Hall–Kier alpha value is -2.55. The van der Waals surface area contributed by atoms with E-state index in [2.05, 4.69) is 27.0 Å². The number of hydrogen-bond donors (Lipinski definition) is 2. The van der Waals surface area contributed by atoms with Gasteiger partial charge in [-0.05, 0) is 69.9 Å². The van der Waals surface area contributed by atoms with Gasteiger partial charge in [0.2, 0.25) is 5.91 Å². The van der Waals surface area contributed by atoms with Crippen LogP contribution in [-0.2, 0) is 11.3 Å². The minimum absolute atomic E-state index is 0.0159. The molecule has 1 saturated carbocycles. The number of nitrogens with one attached hydrogen (secondary N) is 2. The summed E-state index contributed by atoms with van der Waals surface area (Å²) >= 11 is 0. The molecule has 2 aliphatic heterocycles. The van der Waals surface area contributed by atoms with Crippen molar-refractivity contribution in [2.45, 2.75) is 82.7 Å². The molecule has 0 spiro atoms. The monoisotopic (exact) mass is 490 g/mol. The Kier molecular flexibility index (Phi) is 6.10. The molecule has 9 heteroatoms. The quantitative estimate of drug-likeness (QED) is 0.613. The minimum Gasteiger partial charge on any atom is -0.352 e. The van der Waals surface area contributed by atoms with Crippen molar-refractivity contribution in [1.82, 2.24) is 20.1 Å². The molecule has 3 atom stereocenters. The largest absolute Gasteiger partial charge is 0.411 e. The maximum absolute atomic E-state index is 13.2. The molecule has 6 nitrogen and oxygen atoms in total. The molecular formula is C26H33F3N4O2. The molecule has 2 N–H and O–H groups in total. The maximum Gasteiger partial charge on any atom is 0.411 e. The first-order valence-corrected chi connectivity index (χ1v) is 12.6. The minimum atomic E-state index is -4.39. The lowest BCUT2D eigenvalue weighted by molar-refractivity contribution is -0.170. The highest BCUT2D eigenvalue weighted by Crippen LogP contribution is 2.49. The third-order valence-electron chi connectivity index (χ3n) is 8.23. The zero-order valence-electron chi connectivity index (χ0n) is 20.3. The Bertz CT molecular complexity index is 1120. The zero-order valence-corrected chi connectivity index (χ0v) is 20.3. The fourth-order valence-electron chi connectivity index (χ4n) is 6.19. The molecule has 1 aromatic carbocycles. The molecule has 2 amide bonds. The summed E-state index contributed by atoms with van der Waals surface area (Å²) in [6.07, 6.45) is 1.02. The fourth-order valence-corrected chi connectivity index (χ4v) is 6.19. The fraction of sp³-hybridized carbons (Fsp3) is 0.615. The van der Waals surface area contributed by atoms with Crippen LogP contribution in [0.1, 0.15) is 61.4 Å². The topological polar surface area (TPSA) is 66.4 Å². The second kappa shape index (κ2) is 8.84. The first kappa shape index (κ1) is 24.2. The second-order valence-electron chi connectivity index (χ2n) is 10.5. The molecular weight excluding hydrogens is 457 g/mol. The van der Waals surface area contributed by atoms with Crippen LogP contribution in [0.3, 0.4) is 0 Å². The number of benzene rings is 1. The van der Waals surface area contributed by atoms with Crippen molar-refractivity contribution in [3.63, 3.8) is 0 Å². The van der Waals surface area contributed by atoms with Gasteiger partial charge < -0.3 is 15.2 Å². The third-order valence-corrected chi connectivity index (χ3v) is 8.23. The van der Waals surface area contributed by atoms with Gasteiger partial charge in [0.1, 0.15) is 5.54 Å². The van der Waals surface area contributed by atoms with Gasteiger partial charge in [-0.3, -0.25) is 14.5 Å². The van der Waals surface area contributed by atoms with Crippen LogP contribution in [0.5, 0.6) is 0 Å². The van der Waals surface area contributed by atoms with Crippen LogP contribution >= 0.6 is 0 Å². The summed E-state index contributed by atoms with van der Waals surface area (Å²) in [4.78, 5) is 27.6. The van der Waals surface area contributed by atoms with E-state index in [9.17, 15) is 22.8 Å². The average molecular weight is 491 g/mol. The van der Waals surface area contributed by atoms with Crippen molar-refractivity contribution in [2.75, 3.05) is 13.1 Å². The summed E-state index contributed by atoms with van der Waals surface area (Å²) in [5.41, 5.74) is 0.810. The van der Waals surface area contributed by atoms with Crippen molar-refractivity contribution >= 4 is 22.7 Å². The molecule has 2 aromatic rings. The van der Waals surface area contributed by atoms with Gasteiger partial charge in [-0.2, -0.15) is 13.2 Å². The Balaban J connectivity index is 1.18. The molecule has 5 rings (SSSR count). The van der Waals surface area contributed by atoms with Gasteiger partial charge in [0.05, 0.1) is 12.1 Å². The molecule has 2 saturated heterocycles. The summed E-state index contributed by atoms with van der Waals surface area (Å²) in [6, 6.07) is 6.40. The van der Waals surface area contributed by atoms with Crippen LogP contribution in [0, 0.1) is 12.8 Å². The van der Waals surface area contributed by atoms with Crippen molar-refractivity contribution in [2.24, 2.45) is 5.92 Å². The van der Waals surface area contributed by atoms with Gasteiger partial charge in [0, 0.05) is 42.3 Å². The van der Waals surface area contributed by atoms with Crippen LogP contribution in [-0.4, -0.2) is 58.2 Å². The van der Waals surface area contributed by atoms with Crippen LogP contribution < -0.4 is 10.6 Å². The van der Waals surface area contributed by atoms with Crippen LogP contribution in [0.15, 0.2) is 24.4 Å². The lowest BCUT2D eigenvalue weighted by atomic mass is 9.90. The maximum atomic E-state index is 13.2. The highest BCUT2D eigenvalue weighted by atomic mass is 19.4. The SMILES string of the molecule is CCn1cc(C(=O)NCC2C[C@H]3CC[C@@H](C2)N3CC(=O)NC2(C(F)(F)F)CC2)c2c(C)cccc21. The van der Waals surface area contributed by atoms with Crippen LogP contribution in [0.2, 0.25) is 0 Å². The molecule has 190 valence electrons. The number of alkyl halides is 3. The molecule has 2 bridgehead atoms. The van der Waals surface area contributed by atoms with E-state index < -0.39 is 17.6 Å². The standard InChI is InChI=1S/C26H33F3N4O2/c1-3-32-14-20(23-16(2)5-4-6-21(23)32)24(35)30-13-17-11-18-7-8-19(12-17)33(18)15-22(34)31-25(9-10-25)26(27,28)29/h4-6,14,17-19H,3,7-13,15H2,1-2H3,(H,30,35)(H,31,34)/t17?,18-,19+. The summed E-state index contributed by atoms with van der Waals surface area (Å²) in [5.74, 6) is -0.319. The molecule has 1 aliphatic carbocycles. The van der Waals surface area contributed by atoms with E-state index in [1.165, 1.54) is 0 Å². The highest BCUT2D eigenvalue weighted by molar-refractivity contribution is 6.08. The van der Waals surface area contributed by atoms with Crippen molar-refractivity contribution in [1.29, 1.82) is 0 Å². The number of amides is 2. The summed E-state index contributed by atoms with van der Waals surface area (Å²) < 4.78 is 41.7. The van der Waals surface area contributed by atoms with E-state index in [-0.39, 0.29) is 37.4 Å². The number of fused-ring (bicyclic) bond motifs is 3. The van der Waals surface area contributed by atoms with Crippen molar-refractivity contribution in [3.8, 4) is 0 Å². The molecule has 1 unspecified atom stereocenters. The van der Waals surface area contributed by atoms with Gasteiger partial charge >= 0.3 is 6.18 Å². The molecule has 3 heterocycles. The van der Waals surface area contributed by atoms with Crippen molar-refractivity contribution in [3.05, 3.63) is 35.5 Å².